The third kappa shape index (κ3) is 5.71. The van der Waals surface area contributed by atoms with Gasteiger partial charge < -0.3 is 10.2 Å². The first kappa shape index (κ1) is 22.1. The molecule has 1 amide bonds. The van der Waals surface area contributed by atoms with Crippen LogP contribution in [0.2, 0.25) is 5.02 Å². The van der Waals surface area contributed by atoms with E-state index < -0.39 is 9.84 Å². The quantitative estimate of drug-likeness (QED) is 0.595. The van der Waals surface area contributed by atoms with E-state index in [-0.39, 0.29) is 10.8 Å². The summed E-state index contributed by atoms with van der Waals surface area (Å²) < 4.78 is 24.0. The van der Waals surface area contributed by atoms with Crippen molar-refractivity contribution in [1.82, 2.24) is 4.98 Å². The Bertz CT molecular complexity index is 992. The highest BCUT2D eigenvalue weighted by Gasteiger charge is 2.24. The van der Waals surface area contributed by atoms with Gasteiger partial charge in [0.2, 0.25) is 0 Å². The zero-order valence-electron chi connectivity index (χ0n) is 16.1. The van der Waals surface area contributed by atoms with Crippen molar-refractivity contribution < 1.29 is 13.2 Å². The summed E-state index contributed by atoms with van der Waals surface area (Å²) in [6, 6.07) is 8.08. The number of piperidine rings is 1. The van der Waals surface area contributed by atoms with Gasteiger partial charge in [-0.1, -0.05) is 33.6 Å². The van der Waals surface area contributed by atoms with E-state index in [0.29, 0.717) is 28.0 Å². The fourth-order valence-corrected chi connectivity index (χ4v) is 4.81. The molecule has 0 saturated carbocycles. The van der Waals surface area contributed by atoms with E-state index >= 15 is 0 Å². The largest absolute Gasteiger partial charge is 0.355 e. The van der Waals surface area contributed by atoms with Crippen LogP contribution in [0.25, 0.3) is 0 Å². The van der Waals surface area contributed by atoms with Crippen LogP contribution in [0.3, 0.4) is 0 Å². The molecular weight excluding hydrogens is 478 g/mol. The van der Waals surface area contributed by atoms with E-state index in [0.717, 1.165) is 43.9 Å². The highest BCUT2D eigenvalue weighted by atomic mass is 79.9. The van der Waals surface area contributed by atoms with Gasteiger partial charge in [-0.05, 0) is 49.4 Å². The molecule has 1 N–H and O–H groups in total. The molecule has 156 valence electrons. The normalized spacial score (nSPS) is 15.3. The number of nitrogens with one attached hydrogen (secondary N) is 1. The molecule has 2 heterocycles. The SMILES string of the molecule is CS(=O)(=O)c1cnc(N2CCC(CCBr)CC2)c(NC(=O)c2cccc(Cl)c2)c1. The molecule has 6 nitrogen and oxygen atoms in total. The maximum Gasteiger partial charge on any atom is 0.255 e. The molecule has 2 aromatic rings. The highest BCUT2D eigenvalue weighted by Crippen LogP contribution is 2.31. The predicted octanol–water partition coefficient (Wildman–Crippen LogP) is 4.39. The summed E-state index contributed by atoms with van der Waals surface area (Å²) >= 11 is 9.48. The summed E-state index contributed by atoms with van der Waals surface area (Å²) in [5, 5.41) is 4.27. The Balaban J connectivity index is 1.89. The maximum atomic E-state index is 12.7. The Morgan fingerprint density at radius 3 is 2.66 bits per heavy atom. The van der Waals surface area contributed by atoms with Gasteiger partial charge in [0.15, 0.2) is 15.7 Å². The van der Waals surface area contributed by atoms with Crippen molar-refractivity contribution in [3.8, 4) is 0 Å². The molecule has 29 heavy (non-hydrogen) atoms. The molecule has 9 heteroatoms. The van der Waals surface area contributed by atoms with Gasteiger partial charge in [0.05, 0.1) is 10.6 Å². The summed E-state index contributed by atoms with van der Waals surface area (Å²) in [5.41, 5.74) is 0.779. The van der Waals surface area contributed by atoms with Gasteiger partial charge in [-0.25, -0.2) is 13.4 Å². The number of pyridine rings is 1. The second-order valence-electron chi connectivity index (χ2n) is 7.19. The average Bonchev–Trinajstić information content (AvgIpc) is 2.68. The van der Waals surface area contributed by atoms with Crippen molar-refractivity contribution in [3.63, 3.8) is 0 Å². The topological polar surface area (TPSA) is 79.4 Å². The highest BCUT2D eigenvalue weighted by molar-refractivity contribution is 9.09. The van der Waals surface area contributed by atoms with Crippen LogP contribution in [0.15, 0.2) is 41.4 Å². The van der Waals surface area contributed by atoms with E-state index in [1.54, 1.807) is 24.3 Å². The monoisotopic (exact) mass is 499 g/mol. The third-order valence-electron chi connectivity index (χ3n) is 5.04. The molecule has 1 aromatic heterocycles. The zero-order chi connectivity index (χ0) is 21.0. The molecule has 3 rings (SSSR count). The Morgan fingerprint density at radius 1 is 1.31 bits per heavy atom. The van der Waals surface area contributed by atoms with E-state index in [1.165, 1.54) is 12.3 Å². The van der Waals surface area contributed by atoms with Crippen LogP contribution in [-0.2, 0) is 9.84 Å². The van der Waals surface area contributed by atoms with Gasteiger partial charge in [0, 0.05) is 41.5 Å². The van der Waals surface area contributed by atoms with E-state index in [4.69, 9.17) is 11.6 Å². The predicted molar refractivity (Wildman–Crippen MR) is 120 cm³/mol. The summed E-state index contributed by atoms with van der Waals surface area (Å²) in [6.45, 7) is 1.62. The number of sulfone groups is 1. The van der Waals surface area contributed by atoms with Crippen molar-refractivity contribution >= 4 is 54.8 Å². The molecule has 0 atom stereocenters. The Kier molecular flexibility index (Phi) is 7.19. The minimum Gasteiger partial charge on any atom is -0.355 e. The number of benzene rings is 1. The third-order valence-corrected chi connectivity index (χ3v) is 6.81. The minimum atomic E-state index is -3.45. The van der Waals surface area contributed by atoms with Crippen LogP contribution in [0.4, 0.5) is 11.5 Å². The summed E-state index contributed by atoms with van der Waals surface area (Å²) in [5.74, 6) is 0.880. The number of halogens is 2. The van der Waals surface area contributed by atoms with Gasteiger partial charge in [-0.2, -0.15) is 0 Å². The molecule has 1 aliphatic rings. The van der Waals surface area contributed by atoms with E-state index in [2.05, 4.69) is 31.1 Å². The summed E-state index contributed by atoms with van der Waals surface area (Å²) in [4.78, 5) is 19.3. The second kappa shape index (κ2) is 9.45. The summed E-state index contributed by atoms with van der Waals surface area (Å²) in [7, 11) is -3.45. The molecule has 0 unspecified atom stereocenters. The lowest BCUT2D eigenvalue weighted by Crippen LogP contribution is -2.35. The Labute approximate surface area is 184 Å². The number of carbonyl (C=O) groups excluding carboxylic acids is 1. The van der Waals surface area contributed by atoms with Gasteiger partial charge in [0.1, 0.15) is 0 Å². The van der Waals surface area contributed by atoms with Crippen LogP contribution >= 0.6 is 27.5 Å². The number of hydrogen-bond donors (Lipinski definition) is 1. The molecule has 0 radical (unpaired) electrons. The molecular formula is C20H23BrClN3O3S. The Morgan fingerprint density at radius 2 is 2.03 bits per heavy atom. The van der Waals surface area contributed by atoms with Crippen LogP contribution in [-0.4, -0.2) is 44.0 Å². The standard InChI is InChI=1S/C20H23BrClN3O3S/c1-29(27,28)17-12-18(24-20(26)15-3-2-4-16(22)11-15)19(23-13-17)25-9-6-14(5-8-21)7-10-25/h2-4,11-14H,5-10H2,1H3,(H,24,26). The lowest BCUT2D eigenvalue weighted by molar-refractivity contribution is 0.102. The zero-order valence-corrected chi connectivity index (χ0v) is 19.2. The Hall–Kier alpha value is -1.64. The van der Waals surface area contributed by atoms with E-state index in [1.807, 2.05) is 0 Å². The molecule has 1 aliphatic heterocycles. The first-order valence-corrected chi connectivity index (χ1v) is 12.7. The van der Waals surface area contributed by atoms with Crippen LogP contribution < -0.4 is 10.2 Å². The van der Waals surface area contributed by atoms with Crippen molar-refractivity contribution in [3.05, 3.63) is 47.1 Å². The number of hydrogen-bond acceptors (Lipinski definition) is 5. The number of nitrogens with zero attached hydrogens (tertiary/aromatic N) is 2. The maximum absolute atomic E-state index is 12.7. The van der Waals surface area contributed by atoms with Crippen LogP contribution in [0.1, 0.15) is 29.6 Å². The molecule has 1 aromatic carbocycles. The molecule has 1 saturated heterocycles. The molecule has 0 bridgehead atoms. The number of anilines is 2. The van der Waals surface area contributed by atoms with Crippen molar-refractivity contribution in [2.24, 2.45) is 5.92 Å². The van der Waals surface area contributed by atoms with Gasteiger partial charge in [-0.15, -0.1) is 0 Å². The summed E-state index contributed by atoms with van der Waals surface area (Å²) in [6.07, 6.45) is 5.67. The first-order chi connectivity index (χ1) is 13.8. The molecule has 0 aliphatic carbocycles. The van der Waals surface area contributed by atoms with Crippen LogP contribution in [0.5, 0.6) is 0 Å². The molecule has 1 fully saturated rings. The average molecular weight is 501 g/mol. The van der Waals surface area contributed by atoms with Crippen molar-refractivity contribution in [2.75, 3.05) is 34.9 Å². The molecule has 0 spiro atoms. The lowest BCUT2D eigenvalue weighted by atomic mass is 9.94. The van der Waals surface area contributed by atoms with E-state index in [9.17, 15) is 13.2 Å². The fraction of sp³-hybridized carbons (Fsp3) is 0.400. The second-order valence-corrected chi connectivity index (χ2v) is 10.4. The smallest absolute Gasteiger partial charge is 0.255 e. The minimum absolute atomic E-state index is 0.0665. The van der Waals surface area contributed by atoms with Gasteiger partial charge in [-0.3, -0.25) is 4.79 Å². The number of aromatic nitrogens is 1. The first-order valence-electron chi connectivity index (χ1n) is 9.36. The van der Waals surface area contributed by atoms with Gasteiger partial charge >= 0.3 is 0 Å². The van der Waals surface area contributed by atoms with Crippen LogP contribution in [0, 0.1) is 5.92 Å². The number of carbonyl (C=O) groups is 1. The lowest BCUT2D eigenvalue weighted by Gasteiger charge is -2.33. The fourth-order valence-electron chi connectivity index (χ4n) is 3.40. The number of amides is 1. The van der Waals surface area contributed by atoms with Crippen molar-refractivity contribution in [2.45, 2.75) is 24.2 Å². The number of alkyl halides is 1. The van der Waals surface area contributed by atoms with Gasteiger partial charge in [0.25, 0.3) is 5.91 Å². The number of rotatable bonds is 6. The van der Waals surface area contributed by atoms with Crippen molar-refractivity contribution in [1.29, 1.82) is 0 Å².